The van der Waals surface area contributed by atoms with Crippen molar-refractivity contribution in [2.45, 2.75) is 283 Å². The van der Waals surface area contributed by atoms with E-state index in [1.165, 1.54) is 173 Å². The molecular formula is C54H101NO5. The third kappa shape index (κ3) is 45.6. The number of ether oxygens (including phenoxy) is 1. The van der Waals surface area contributed by atoms with E-state index in [0.29, 0.717) is 19.4 Å². The number of aliphatic hydroxyl groups is 2. The van der Waals surface area contributed by atoms with Gasteiger partial charge < -0.3 is 20.3 Å². The molecule has 0 aromatic carbocycles. The average molecular weight is 844 g/mol. The Morgan fingerprint density at radius 3 is 1.27 bits per heavy atom. The van der Waals surface area contributed by atoms with Gasteiger partial charge in [0, 0.05) is 12.8 Å². The third-order valence-corrected chi connectivity index (χ3v) is 11.9. The number of aliphatic hydroxyl groups excluding tert-OH is 2. The largest absolute Gasteiger partial charge is 0.466 e. The summed E-state index contributed by atoms with van der Waals surface area (Å²) in [4.78, 5) is 24.4. The third-order valence-electron chi connectivity index (χ3n) is 11.9. The molecule has 0 rings (SSSR count). The van der Waals surface area contributed by atoms with Gasteiger partial charge in [0.25, 0.3) is 0 Å². The Bertz CT molecular complexity index is 977. The minimum Gasteiger partial charge on any atom is -0.466 e. The van der Waals surface area contributed by atoms with Crippen LogP contribution >= 0.6 is 0 Å². The number of rotatable bonds is 48. The van der Waals surface area contributed by atoms with Crippen molar-refractivity contribution in [1.82, 2.24) is 5.32 Å². The fraction of sp³-hybridized carbons (Fsp3) is 0.852. The lowest BCUT2D eigenvalue weighted by Crippen LogP contribution is -2.45. The number of unbranched alkanes of at least 4 members (excludes halogenated alkanes) is 33. The molecule has 1 amide bonds. The van der Waals surface area contributed by atoms with Gasteiger partial charge in [0.1, 0.15) is 0 Å². The van der Waals surface area contributed by atoms with Crippen LogP contribution in [0.15, 0.2) is 36.5 Å². The van der Waals surface area contributed by atoms with Crippen molar-refractivity contribution in [1.29, 1.82) is 0 Å². The van der Waals surface area contributed by atoms with Crippen LogP contribution in [0.3, 0.4) is 0 Å². The fourth-order valence-corrected chi connectivity index (χ4v) is 7.79. The van der Waals surface area contributed by atoms with Gasteiger partial charge in [0.15, 0.2) is 0 Å². The van der Waals surface area contributed by atoms with E-state index in [9.17, 15) is 19.8 Å². The number of amides is 1. The molecule has 0 fully saturated rings. The van der Waals surface area contributed by atoms with Crippen LogP contribution in [0.5, 0.6) is 0 Å². The number of nitrogens with one attached hydrogen (secondary N) is 1. The molecule has 0 bridgehead atoms. The molecule has 2 atom stereocenters. The van der Waals surface area contributed by atoms with E-state index in [2.05, 4.69) is 43.5 Å². The number of hydrogen-bond donors (Lipinski definition) is 3. The summed E-state index contributed by atoms with van der Waals surface area (Å²) in [6.45, 7) is 4.77. The highest BCUT2D eigenvalue weighted by molar-refractivity contribution is 5.76. The Kier molecular flexibility index (Phi) is 48.1. The number of carbonyl (C=O) groups is 2. The van der Waals surface area contributed by atoms with E-state index in [4.69, 9.17) is 4.74 Å². The molecule has 0 heterocycles. The second-order valence-electron chi connectivity index (χ2n) is 17.8. The van der Waals surface area contributed by atoms with Crippen molar-refractivity contribution >= 4 is 11.9 Å². The zero-order valence-electron chi connectivity index (χ0n) is 39.9. The molecule has 0 saturated heterocycles. The van der Waals surface area contributed by atoms with E-state index >= 15 is 0 Å². The van der Waals surface area contributed by atoms with Crippen molar-refractivity contribution in [2.75, 3.05) is 13.2 Å². The highest BCUT2D eigenvalue weighted by Gasteiger charge is 2.17. The minimum atomic E-state index is -0.877. The predicted molar refractivity (Wildman–Crippen MR) is 259 cm³/mol. The molecular weight excluding hydrogens is 743 g/mol. The van der Waals surface area contributed by atoms with Gasteiger partial charge in [-0.05, 0) is 70.6 Å². The first-order valence-corrected chi connectivity index (χ1v) is 26.3. The van der Waals surface area contributed by atoms with Crippen LogP contribution in [-0.2, 0) is 14.3 Å². The SMILES string of the molecule is CCCC/C=C\CCCCCCCC(=O)OCCCCCC/C=C\CCCC(=O)NC(CO)C(O)/C=C/CCCCCCCCCCCCCCCCCCCCCCC. The Labute approximate surface area is 373 Å². The second-order valence-corrected chi connectivity index (χ2v) is 17.8. The standard InChI is InChI=1S/C54H101NO5/c1-3-5-7-9-11-13-15-16-17-18-19-20-21-22-23-24-25-26-28-30-34-38-42-46-52(57)51(50-56)55-53(58)47-43-39-35-31-29-33-37-41-45-49-60-54(59)48-44-40-36-32-27-14-12-10-8-6-4-2/h10,12,31,35,42,46,51-52,56-57H,3-9,11,13-30,32-34,36-41,43-45,47-50H2,1-2H3,(H,55,58)/b12-10-,35-31-,46-42+. The Morgan fingerprint density at radius 1 is 0.450 bits per heavy atom. The number of allylic oxidation sites excluding steroid dienone is 5. The summed E-state index contributed by atoms with van der Waals surface area (Å²) in [5.41, 5.74) is 0. The zero-order valence-corrected chi connectivity index (χ0v) is 39.9. The molecule has 0 spiro atoms. The van der Waals surface area contributed by atoms with Crippen LogP contribution in [0.1, 0.15) is 271 Å². The molecule has 0 aliphatic carbocycles. The summed E-state index contributed by atoms with van der Waals surface area (Å²) in [7, 11) is 0. The number of esters is 1. The van der Waals surface area contributed by atoms with E-state index in [1.54, 1.807) is 6.08 Å². The van der Waals surface area contributed by atoms with E-state index < -0.39 is 12.1 Å². The highest BCUT2D eigenvalue weighted by atomic mass is 16.5. The van der Waals surface area contributed by atoms with Crippen LogP contribution in [0.4, 0.5) is 0 Å². The molecule has 60 heavy (non-hydrogen) atoms. The van der Waals surface area contributed by atoms with Crippen LogP contribution in [-0.4, -0.2) is 47.4 Å². The molecule has 2 unspecified atom stereocenters. The molecule has 0 aromatic rings. The van der Waals surface area contributed by atoms with E-state index in [0.717, 1.165) is 70.6 Å². The molecule has 352 valence electrons. The summed E-state index contributed by atoms with van der Waals surface area (Å²) >= 11 is 0. The minimum absolute atomic E-state index is 0.0492. The molecule has 0 aromatic heterocycles. The van der Waals surface area contributed by atoms with Gasteiger partial charge in [0.05, 0.1) is 25.4 Å². The van der Waals surface area contributed by atoms with Crippen LogP contribution < -0.4 is 5.32 Å². The lowest BCUT2D eigenvalue weighted by molar-refractivity contribution is -0.143. The van der Waals surface area contributed by atoms with E-state index in [1.807, 2.05) is 6.08 Å². The van der Waals surface area contributed by atoms with Gasteiger partial charge in [-0.1, -0.05) is 224 Å². The van der Waals surface area contributed by atoms with Gasteiger partial charge in [-0.25, -0.2) is 0 Å². The summed E-state index contributed by atoms with van der Waals surface area (Å²) in [5, 5.41) is 23.1. The zero-order chi connectivity index (χ0) is 43.7. The first-order valence-electron chi connectivity index (χ1n) is 26.3. The Hall–Kier alpha value is -1.92. The van der Waals surface area contributed by atoms with Crippen LogP contribution in [0, 0.1) is 0 Å². The monoisotopic (exact) mass is 844 g/mol. The fourth-order valence-electron chi connectivity index (χ4n) is 7.79. The molecule has 3 N–H and O–H groups in total. The maximum atomic E-state index is 12.4. The van der Waals surface area contributed by atoms with Crippen molar-refractivity contribution in [3.05, 3.63) is 36.5 Å². The first-order chi connectivity index (χ1) is 29.5. The normalized spacial score (nSPS) is 12.9. The van der Waals surface area contributed by atoms with Crippen molar-refractivity contribution in [3.63, 3.8) is 0 Å². The van der Waals surface area contributed by atoms with Crippen molar-refractivity contribution in [3.8, 4) is 0 Å². The molecule has 0 aliphatic rings. The van der Waals surface area contributed by atoms with Crippen LogP contribution in [0.25, 0.3) is 0 Å². The summed E-state index contributed by atoms with van der Waals surface area (Å²) in [6, 6.07) is -0.667. The summed E-state index contributed by atoms with van der Waals surface area (Å²) in [5.74, 6) is -0.177. The van der Waals surface area contributed by atoms with Gasteiger partial charge >= 0.3 is 5.97 Å². The lowest BCUT2D eigenvalue weighted by Gasteiger charge is -2.19. The van der Waals surface area contributed by atoms with Gasteiger partial charge in [-0.3, -0.25) is 9.59 Å². The van der Waals surface area contributed by atoms with Crippen molar-refractivity contribution in [2.24, 2.45) is 0 Å². The van der Waals surface area contributed by atoms with Gasteiger partial charge in [-0.2, -0.15) is 0 Å². The van der Waals surface area contributed by atoms with Gasteiger partial charge in [0.2, 0.25) is 5.91 Å². The van der Waals surface area contributed by atoms with Gasteiger partial charge in [-0.15, -0.1) is 0 Å². The molecule has 6 heteroatoms. The number of carbonyl (C=O) groups excluding carboxylic acids is 2. The van der Waals surface area contributed by atoms with E-state index in [-0.39, 0.29) is 18.5 Å². The quantitative estimate of drug-likeness (QED) is 0.0322. The molecule has 0 radical (unpaired) electrons. The van der Waals surface area contributed by atoms with Crippen LogP contribution in [0.2, 0.25) is 0 Å². The highest BCUT2D eigenvalue weighted by Crippen LogP contribution is 2.16. The Morgan fingerprint density at radius 2 is 0.817 bits per heavy atom. The number of hydrogen-bond acceptors (Lipinski definition) is 5. The topological polar surface area (TPSA) is 95.9 Å². The molecule has 0 aliphatic heterocycles. The average Bonchev–Trinajstić information content (AvgIpc) is 3.25. The maximum Gasteiger partial charge on any atom is 0.305 e. The Balaban J connectivity index is 3.58. The second kappa shape index (κ2) is 49.7. The maximum absolute atomic E-state index is 12.4. The summed E-state index contributed by atoms with van der Waals surface area (Å²) < 4.78 is 5.41. The first kappa shape index (κ1) is 58.1. The van der Waals surface area contributed by atoms with Crippen molar-refractivity contribution < 1.29 is 24.5 Å². The summed E-state index contributed by atoms with van der Waals surface area (Å²) in [6.07, 6.45) is 60.2. The molecule has 6 nitrogen and oxygen atoms in total. The lowest BCUT2D eigenvalue weighted by atomic mass is 10.0. The predicted octanol–water partition coefficient (Wildman–Crippen LogP) is 15.7. The molecule has 0 saturated carbocycles. The smallest absolute Gasteiger partial charge is 0.305 e.